The van der Waals surface area contributed by atoms with Crippen molar-refractivity contribution >= 4 is 11.9 Å². The number of amides is 1. The van der Waals surface area contributed by atoms with Crippen LogP contribution in [0.1, 0.15) is 43.2 Å². The van der Waals surface area contributed by atoms with E-state index in [1.807, 2.05) is 0 Å². The number of benzene rings is 1. The molecule has 4 nitrogen and oxygen atoms in total. The minimum absolute atomic E-state index is 0.143. The third-order valence-corrected chi connectivity index (χ3v) is 6.12. The molecule has 23 heavy (non-hydrogen) atoms. The van der Waals surface area contributed by atoms with Gasteiger partial charge in [-0.1, -0.05) is 24.3 Å². The average Bonchev–Trinajstić information content (AvgIpc) is 3.49. The number of ether oxygens (including phenoxy) is 1. The van der Waals surface area contributed by atoms with Crippen LogP contribution in [0.5, 0.6) is 0 Å². The van der Waals surface area contributed by atoms with Crippen LogP contribution in [0.3, 0.4) is 0 Å². The van der Waals surface area contributed by atoms with Crippen LogP contribution in [-0.4, -0.2) is 25.5 Å². The molecule has 0 radical (unpaired) electrons. The molecule has 1 aromatic rings. The highest BCUT2D eigenvalue weighted by Crippen LogP contribution is 2.60. The predicted octanol–water partition coefficient (Wildman–Crippen LogP) is 2.35. The first-order chi connectivity index (χ1) is 11.1. The quantitative estimate of drug-likeness (QED) is 0.686. The Balaban J connectivity index is 1.42. The second-order valence-electron chi connectivity index (χ2n) is 7.35. The number of aryl methyl sites for hydroxylation is 1. The molecule has 1 N–H and O–H groups in total. The normalized spacial score (nSPS) is 29.5. The fourth-order valence-corrected chi connectivity index (χ4v) is 4.47. The number of hydrogen-bond acceptors (Lipinski definition) is 3. The Kier molecular flexibility index (Phi) is 3.26. The van der Waals surface area contributed by atoms with E-state index in [-0.39, 0.29) is 17.3 Å². The van der Waals surface area contributed by atoms with Gasteiger partial charge in [0.2, 0.25) is 5.91 Å². The molecule has 1 amide bonds. The van der Waals surface area contributed by atoms with Crippen LogP contribution in [-0.2, 0) is 26.2 Å². The third-order valence-electron chi connectivity index (χ3n) is 6.12. The number of methoxy groups -OCH3 is 1. The van der Waals surface area contributed by atoms with Crippen LogP contribution < -0.4 is 5.32 Å². The topological polar surface area (TPSA) is 55.4 Å². The van der Waals surface area contributed by atoms with Crippen molar-refractivity contribution in [3.05, 3.63) is 35.4 Å². The molecular weight excluding hydrogens is 290 g/mol. The largest absolute Gasteiger partial charge is 0.468 e. The van der Waals surface area contributed by atoms with Crippen molar-refractivity contribution in [2.24, 2.45) is 11.3 Å². The number of carbonyl (C=O) groups excluding carboxylic acids is 2. The van der Waals surface area contributed by atoms with Gasteiger partial charge >= 0.3 is 5.97 Å². The van der Waals surface area contributed by atoms with E-state index in [0.29, 0.717) is 25.3 Å². The highest BCUT2D eigenvalue weighted by molar-refractivity contribution is 6.05. The van der Waals surface area contributed by atoms with E-state index in [4.69, 9.17) is 4.74 Å². The first-order valence-electron chi connectivity index (χ1n) is 8.57. The van der Waals surface area contributed by atoms with Crippen LogP contribution in [0.25, 0.3) is 0 Å². The van der Waals surface area contributed by atoms with E-state index in [2.05, 4.69) is 29.6 Å². The number of esters is 1. The fraction of sp³-hybridized carbons (Fsp3) is 0.579. The van der Waals surface area contributed by atoms with Gasteiger partial charge in [-0.3, -0.25) is 9.59 Å². The summed E-state index contributed by atoms with van der Waals surface area (Å²) in [6.45, 7) is 0.673. The molecule has 3 aliphatic carbocycles. The van der Waals surface area contributed by atoms with Crippen LogP contribution in [0.4, 0.5) is 0 Å². The van der Waals surface area contributed by atoms with Gasteiger partial charge < -0.3 is 10.1 Å². The molecular formula is C19H23NO3. The van der Waals surface area contributed by atoms with Crippen molar-refractivity contribution in [3.63, 3.8) is 0 Å². The number of carbonyl (C=O) groups is 2. The van der Waals surface area contributed by atoms with Crippen molar-refractivity contribution in [2.75, 3.05) is 13.7 Å². The molecule has 122 valence electrons. The third kappa shape index (κ3) is 2.19. The number of hydrogen-bond donors (Lipinski definition) is 1. The Labute approximate surface area is 136 Å². The lowest BCUT2D eigenvalue weighted by Crippen LogP contribution is -2.39. The Bertz CT molecular complexity index is 664. The SMILES string of the molecule is COC(=O)C1(C(=O)NC[C@H]2C[C@@]23CCCc2ccccc23)CC1. The Hall–Kier alpha value is -1.84. The highest BCUT2D eigenvalue weighted by atomic mass is 16.5. The zero-order valence-corrected chi connectivity index (χ0v) is 13.6. The molecule has 0 heterocycles. The van der Waals surface area contributed by atoms with Crippen molar-refractivity contribution in [3.8, 4) is 0 Å². The van der Waals surface area contributed by atoms with E-state index < -0.39 is 5.41 Å². The fourth-order valence-electron chi connectivity index (χ4n) is 4.47. The van der Waals surface area contributed by atoms with Crippen molar-refractivity contribution in [2.45, 2.75) is 43.9 Å². The second kappa shape index (κ2) is 5.08. The zero-order valence-electron chi connectivity index (χ0n) is 13.6. The summed E-state index contributed by atoms with van der Waals surface area (Å²) >= 11 is 0. The van der Waals surface area contributed by atoms with Gasteiger partial charge in [0.1, 0.15) is 5.41 Å². The van der Waals surface area contributed by atoms with Gasteiger partial charge in [-0.2, -0.15) is 0 Å². The molecule has 1 aromatic carbocycles. The summed E-state index contributed by atoms with van der Waals surface area (Å²) in [6, 6.07) is 8.73. The van der Waals surface area contributed by atoms with Crippen LogP contribution >= 0.6 is 0 Å². The molecule has 0 bridgehead atoms. The Morgan fingerprint density at radius 1 is 1.26 bits per heavy atom. The van der Waals surface area contributed by atoms with Crippen molar-refractivity contribution in [1.29, 1.82) is 0 Å². The maximum absolute atomic E-state index is 12.4. The molecule has 4 rings (SSSR count). The lowest BCUT2D eigenvalue weighted by molar-refractivity contribution is -0.152. The minimum Gasteiger partial charge on any atom is -0.468 e. The zero-order chi connectivity index (χ0) is 16.1. The minimum atomic E-state index is -0.888. The smallest absolute Gasteiger partial charge is 0.321 e. The Morgan fingerprint density at radius 3 is 2.78 bits per heavy atom. The first-order valence-corrected chi connectivity index (χ1v) is 8.57. The molecule has 2 fully saturated rings. The van der Waals surface area contributed by atoms with Gasteiger partial charge in [-0.25, -0.2) is 0 Å². The van der Waals surface area contributed by atoms with E-state index in [0.717, 1.165) is 6.42 Å². The van der Waals surface area contributed by atoms with Crippen molar-refractivity contribution in [1.82, 2.24) is 5.32 Å². The summed E-state index contributed by atoms with van der Waals surface area (Å²) < 4.78 is 4.78. The van der Waals surface area contributed by atoms with Crippen LogP contribution in [0.15, 0.2) is 24.3 Å². The number of fused-ring (bicyclic) bond motifs is 2. The van der Waals surface area contributed by atoms with E-state index in [1.165, 1.54) is 37.5 Å². The summed E-state index contributed by atoms with van der Waals surface area (Å²) in [5.41, 5.74) is 2.34. The van der Waals surface area contributed by atoms with E-state index in [1.54, 1.807) is 0 Å². The van der Waals surface area contributed by atoms with Gasteiger partial charge in [-0.05, 0) is 55.6 Å². The molecule has 0 saturated heterocycles. The monoisotopic (exact) mass is 313 g/mol. The van der Waals surface area contributed by atoms with Crippen LogP contribution in [0.2, 0.25) is 0 Å². The first kappa shape index (κ1) is 14.7. The van der Waals surface area contributed by atoms with E-state index in [9.17, 15) is 9.59 Å². The van der Waals surface area contributed by atoms with Gasteiger partial charge in [0, 0.05) is 12.0 Å². The summed E-state index contributed by atoms with van der Waals surface area (Å²) in [7, 11) is 1.35. The second-order valence-corrected chi connectivity index (χ2v) is 7.35. The lowest BCUT2D eigenvalue weighted by atomic mass is 9.78. The van der Waals surface area contributed by atoms with Gasteiger partial charge in [0.15, 0.2) is 0 Å². The van der Waals surface area contributed by atoms with Gasteiger partial charge in [0.05, 0.1) is 7.11 Å². The number of rotatable bonds is 4. The molecule has 2 saturated carbocycles. The van der Waals surface area contributed by atoms with Crippen LogP contribution in [0, 0.1) is 11.3 Å². The summed E-state index contributed by atoms with van der Waals surface area (Å²) in [6.07, 6.45) is 5.99. The van der Waals surface area contributed by atoms with Gasteiger partial charge in [-0.15, -0.1) is 0 Å². The summed E-state index contributed by atoms with van der Waals surface area (Å²) in [5.74, 6) is -0.0274. The maximum Gasteiger partial charge on any atom is 0.321 e. The summed E-state index contributed by atoms with van der Waals surface area (Å²) in [4.78, 5) is 24.1. The average molecular weight is 313 g/mol. The molecule has 0 unspecified atom stereocenters. The summed E-state index contributed by atoms with van der Waals surface area (Å²) in [5, 5.41) is 3.03. The molecule has 0 aliphatic heterocycles. The molecule has 2 atom stereocenters. The standard InChI is InChI=1S/C19H23NO3/c1-23-17(22)18(9-10-18)16(21)20-12-14-11-19(14)8-4-6-13-5-2-3-7-15(13)19/h2-3,5,7,14H,4,6,8-12H2,1H3,(H,20,21)/t14-,19+/m1/s1. The molecule has 0 aromatic heterocycles. The lowest BCUT2D eigenvalue weighted by Gasteiger charge is -2.27. The molecule has 3 aliphatic rings. The van der Waals surface area contributed by atoms with Crippen molar-refractivity contribution < 1.29 is 14.3 Å². The van der Waals surface area contributed by atoms with E-state index >= 15 is 0 Å². The molecule has 1 spiro atoms. The number of nitrogens with one attached hydrogen (secondary N) is 1. The molecule has 4 heteroatoms. The predicted molar refractivity (Wildman–Crippen MR) is 85.9 cm³/mol. The maximum atomic E-state index is 12.4. The highest BCUT2D eigenvalue weighted by Gasteiger charge is 2.59. The van der Waals surface area contributed by atoms with Gasteiger partial charge in [0.25, 0.3) is 0 Å². The Morgan fingerprint density at radius 2 is 2.04 bits per heavy atom.